The monoisotopic (exact) mass is 305 g/mol. The van der Waals surface area contributed by atoms with E-state index in [0.29, 0.717) is 23.5 Å². The lowest BCUT2D eigenvalue weighted by molar-refractivity contribution is -0.114. The molecule has 0 bridgehead atoms. The summed E-state index contributed by atoms with van der Waals surface area (Å²) in [5, 5.41) is 8.27. The van der Waals surface area contributed by atoms with Gasteiger partial charge in [-0.15, -0.1) is 6.58 Å². The van der Waals surface area contributed by atoms with Crippen LogP contribution in [0.1, 0.15) is 26.7 Å². The molecule has 0 spiro atoms. The number of hydrogen-bond donors (Lipinski definition) is 3. The number of benzene rings is 1. The minimum Gasteiger partial charge on any atom is -0.494 e. The molecule has 6 nitrogen and oxygen atoms in total. The SMILES string of the molecule is C=CCC(CC)NC(=O)Nc1ccc(NC(C)=O)cc1OC. The summed E-state index contributed by atoms with van der Waals surface area (Å²) in [6.07, 6.45) is 3.30. The molecule has 0 saturated carbocycles. The van der Waals surface area contributed by atoms with Gasteiger partial charge in [-0.25, -0.2) is 4.79 Å². The van der Waals surface area contributed by atoms with Gasteiger partial charge in [0.25, 0.3) is 0 Å². The summed E-state index contributed by atoms with van der Waals surface area (Å²) in [4.78, 5) is 23.1. The van der Waals surface area contributed by atoms with Crippen LogP contribution in [0.25, 0.3) is 0 Å². The second kappa shape index (κ2) is 8.71. The number of nitrogens with one attached hydrogen (secondary N) is 3. The topological polar surface area (TPSA) is 79.5 Å². The third kappa shape index (κ3) is 5.47. The van der Waals surface area contributed by atoms with Gasteiger partial charge in [-0.05, 0) is 25.0 Å². The van der Waals surface area contributed by atoms with Crippen molar-refractivity contribution in [2.45, 2.75) is 32.7 Å². The zero-order chi connectivity index (χ0) is 16.5. The van der Waals surface area contributed by atoms with Crippen molar-refractivity contribution in [3.05, 3.63) is 30.9 Å². The summed E-state index contributed by atoms with van der Waals surface area (Å²) < 4.78 is 5.24. The van der Waals surface area contributed by atoms with Crippen molar-refractivity contribution in [1.82, 2.24) is 5.32 Å². The van der Waals surface area contributed by atoms with Crippen molar-refractivity contribution < 1.29 is 14.3 Å². The Kier molecular flexibility index (Phi) is 6.95. The minimum atomic E-state index is -0.306. The van der Waals surface area contributed by atoms with Crippen LogP contribution >= 0.6 is 0 Å². The van der Waals surface area contributed by atoms with E-state index in [0.717, 1.165) is 6.42 Å². The minimum absolute atomic E-state index is 0.0437. The molecule has 1 aromatic carbocycles. The number of rotatable bonds is 7. The van der Waals surface area contributed by atoms with Crippen LogP contribution in [0.5, 0.6) is 5.75 Å². The quantitative estimate of drug-likeness (QED) is 0.677. The van der Waals surface area contributed by atoms with Crippen LogP contribution in [-0.2, 0) is 4.79 Å². The fraction of sp³-hybridized carbons (Fsp3) is 0.375. The zero-order valence-corrected chi connectivity index (χ0v) is 13.2. The number of urea groups is 1. The van der Waals surface area contributed by atoms with E-state index in [4.69, 9.17) is 4.74 Å². The Labute approximate surface area is 130 Å². The van der Waals surface area contributed by atoms with Crippen LogP contribution in [0.3, 0.4) is 0 Å². The molecule has 0 heterocycles. The van der Waals surface area contributed by atoms with Gasteiger partial charge in [0.05, 0.1) is 12.8 Å². The molecule has 0 radical (unpaired) electrons. The van der Waals surface area contributed by atoms with Gasteiger partial charge < -0.3 is 20.7 Å². The van der Waals surface area contributed by atoms with Gasteiger partial charge in [0, 0.05) is 24.7 Å². The predicted molar refractivity (Wildman–Crippen MR) is 88.3 cm³/mol. The van der Waals surface area contributed by atoms with Gasteiger partial charge in [0.2, 0.25) is 5.91 Å². The average Bonchev–Trinajstić information content (AvgIpc) is 2.47. The molecule has 0 saturated heterocycles. The summed E-state index contributed by atoms with van der Waals surface area (Å²) in [5.74, 6) is 0.300. The third-order valence-corrected chi connectivity index (χ3v) is 3.05. The van der Waals surface area contributed by atoms with Crippen molar-refractivity contribution in [2.75, 3.05) is 17.7 Å². The summed E-state index contributed by atoms with van der Waals surface area (Å²) in [6.45, 7) is 7.10. The van der Waals surface area contributed by atoms with E-state index in [1.165, 1.54) is 14.0 Å². The van der Waals surface area contributed by atoms with E-state index < -0.39 is 0 Å². The molecule has 1 aromatic rings. The van der Waals surface area contributed by atoms with Crippen molar-refractivity contribution in [3.63, 3.8) is 0 Å². The van der Waals surface area contributed by atoms with Crippen molar-refractivity contribution in [3.8, 4) is 5.75 Å². The lowest BCUT2D eigenvalue weighted by atomic mass is 10.1. The van der Waals surface area contributed by atoms with E-state index in [9.17, 15) is 9.59 Å². The maximum atomic E-state index is 12.0. The van der Waals surface area contributed by atoms with Crippen LogP contribution in [0.2, 0.25) is 0 Å². The van der Waals surface area contributed by atoms with E-state index in [2.05, 4.69) is 22.5 Å². The Balaban J connectivity index is 2.77. The highest BCUT2D eigenvalue weighted by Crippen LogP contribution is 2.27. The van der Waals surface area contributed by atoms with Crippen molar-refractivity contribution >= 4 is 23.3 Å². The molecule has 120 valence electrons. The van der Waals surface area contributed by atoms with Crippen LogP contribution in [0.15, 0.2) is 30.9 Å². The Morgan fingerprint density at radius 1 is 1.36 bits per heavy atom. The molecule has 0 aliphatic carbocycles. The first kappa shape index (κ1) is 17.6. The number of carbonyl (C=O) groups excluding carboxylic acids is 2. The number of ether oxygens (including phenoxy) is 1. The molecule has 3 N–H and O–H groups in total. The van der Waals surface area contributed by atoms with Crippen LogP contribution in [-0.4, -0.2) is 25.1 Å². The summed E-state index contributed by atoms with van der Waals surface area (Å²) in [7, 11) is 1.50. The van der Waals surface area contributed by atoms with Gasteiger partial charge in [-0.2, -0.15) is 0 Å². The highest BCUT2D eigenvalue weighted by atomic mass is 16.5. The Bertz CT molecular complexity index is 543. The Morgan fingerprint density at radius 2 is 2.09 bits per heavy atom. The summed E-state index contributed by atoms with van der Waals surface area (Å²) in [6, 6.07) is 4.76. The van der Waals surface area contributed by atoms with Gasteiger partial charge in [0.15, 0.2) is 0 Å². The van der Waals surface area contributed by atoms with Gasteiger partial charge in [0.1, 0.15) is 5.75 Å². The Morgan fingerprint density at radius 3 is 2.64 bits per heavy atom. The molecule has 1 unspecified atom stereocenters. The molecular formula is C16H23N3O3. The molecule has 0 aliphatic heterocycles. The number of amides is 3. The highest BCUT2D eigenvalue weighted by Gasteiger charge is 2.12. The normalized spacial score (nSPS) is 11.2. The maximum absolute atomic E-state index is 12.0. The fourth-order valence-corrected chi connectivity index (χ4v) is 1.95. The highest BCUT2D eigenvalue weighted by molar-refractivity contribution is 5.93. The molecule has 1 atom stereocenters. The average molecular weight is 305 g/mol. The second-order valence-electron chi connectivity index (χ2n) is 4.82. The van der Waals surface area contributed by atoms with E-state index in [1.54, 1.807) is 24.3 Å². The third-order valence-electron chi connectivity index (χ3n) is 3.05. The number of carbonyl (C=O) groups is 2. The van der Waals surface area contributed by atoms with Crippen molar-refractivity contribution in [2.24, 2.45) is 0 Å². The molecule has 0 aliphatic rings. The van der Waals surface area contributed by atoms with Crippen LogP contribution in [0.4, 0.5) is 16.2 Å². The number of hydrogen-bond acceptors (Lipinski definition) is 3. The first-order valence-corrected chi connectivity index (χ1v) is 7.14. The smallest absolute Gasteiger partial charge is 0.319 e. The van der Waals surface area contributed by atoms with Gasteiger partial charge >= 0.3 is 6.03 Å². The maximum Gasteiger partial charge on any atom is 0.319 e. The molecule has 0 fully saturated rings. The van der Waals surface area contributed by atoms with Gasteiger partial charge in [-0.3, -0.25) is 4.79 Å². The largest absolute Gasteiger partial charge is 0.494 e. The number of anilines is 2. The zero-order valence-electron chi connectivity index (χ0n) is 13.2. The van der Waals surface area contributed by atoms with Gasteiger partial charge in [-0.1, -0.05) is 13.0 Å². The molecule has 22 heavy (non-hydrogen) atoms. The standard InChI is InChI=1S/C16H23N3O3/c1-5-7-12(6-2)18-16(21)19-14-9-8-13(17-11(3)20)10-15(14)22-4/h5,8-10,12H,1,6-7H2,2-4H3,(H,17,20)(H2,18,19,21). The molecular weight excluding hydrogens is 282 g/mol. The van der Waals surface area contributed by atoms with E-state index >= 15 is 0 Å². The van der Waals surface area contributed by atoms with Crippen LogP contribution < -0.4 is 20.7 Å². The van der Waals surface area contributed by atoms with Crippen molar-refractivity contribution in [1.29, 1.82) is 0 Å². The second-order valence-corrected chi connectivity index (χ2v) is 4.82. The fourth-order valence-electron chi connectivity index (χ4n) is 1.95. The Hall–Kier alpha value is -2.50. The molecule has 6 heteroatoms. The van der Waals surface area contributed by atoms with E-state index in [1.807, 2.05) is 6.92 Å². The molecule has 3 amide bonds. The lowest BCUT2D eigenvalue weighted by Crippen LogP contribution is -2.37. The first-order valence-electron chi connectivity index (χ1n) is 7.14. The summed E-state index contributed by atoms with van der Waals surface area (Å²) >= 11 is 0. The van der Waals surface area contributed by atoms with Crippen LogP contribution in [0, 0.1) is 0 Å². The first-order chi connectivity index (χ1) is 10.5. The predicted octanol–water partition coefficient (Wildman–Crippen LogP) is 3.13. The lowest BCUT2D eigenvalue weighted by Gasteiger charge is -2.17. The molecule has 0 aromatic heterocycles. The molecule has 1 rings (SSSR count). The van der Waals surface area contributed by atoms with E-state index in [-0.39, 0.29) is 18.0 Å². The number of methoxy groups -OCH3 is 1. The summed E-state index contributed by atoms with van der Waals surface area (Å²) in [5.41, 5.74) is 1.14.